The van der Waals surface area contributed by atoms with E-state index in [1.165, 1.54) is 12.1 Å². The third kappa shape index (κ3) is 3.49. The highest BCUT2D eigenvalue weighted by Crippen LogP contribution is 2.27. The van der Waals surface area contributed by atoms with Gasteiger partial charge in [-0.1, -0.05) is 17.7 Å². The van der Waals surface area contributed by atoms with Gasteiger partial charge in [0.25, 0.3) is 5.69 Å². The Morgan fingerprint density at radius 1 is 1.30 bits per heavy atom. The summed E-state index contributed by atoms with van der Waals surface area (Å²) in [5, 5.41) is 14.6. The summed E-state index contributed by atoms with van der Waals surface area (Å²) in [5.74, 6) is 0. The molecule has 6 heteroatoms. The molecule has 0 saturated carbocycles. The number of nitro benzene ring substituents is 1. The Hall–Kier alpha value is -1.59. The summed E-state index contributed by atoms with van der Waals surface area (Å²) in [7, 11) is 0. The zero-order valence-electron chi connectivity index (χ0n) is 10.7. The lowest BCUT2D eigenvalue weighted by atomic mass is 10.1. The smallest absolute Gasteiger partial charge is 0.270 e. The van der Waals surface area contributed by atoms with Gasteiger partial charge in [0.15, 0.2) is 0 Å². The summed E-state index contributed by atoms with van der Waals surface area (Å²) >= 11 is 9.25. The third-order valence-electron chi connectivity index (χ3n) is 2.94. The normalized spacial score (nSPS) is 10.3. The number of nitrogens with zero attached hydrogens (tertiary/aromatic N) is 1. The third-order valence-corrected chi connectivity index (χ3v) is 3.83. The Balaban J connectivity index is 2.13. The Kier molecular flexibility index (Phi) is 4.62. The number of rotatable bonds is 4. The Morgan fingerprint density at radius 2 is 2.05 bits per heavy atom. The van der Waals surface area contributed by atoms with Crippen LogP contribution in [0.3, 0.4) is 0 Å². The first-order valence-corrected chi connectivity index (χ1v) is 7.07. The van der Waals surface area contributed by atoms with Gasteiger partial charge in [-0.3, -0.25) is 10.1 Å². The minimum absolute atomic E-state index is 0.0603. The van der Waals surface area contributed by atoms with Crippen molar-refractivity contribution in [2.24, 2.45) is 0 Å². The van der Waals surface area contributed by atoms with E-state index in [0.717, 1.165) is 16.8 Å². The van der Waals surface area contributed by atoms with Crippen molar-refractivity contribution in [3.8, 4) is 0 Å². The summed E-state index contributed by atoms with van der Waals surface area (Å²) in [6.07, 6.45) is 0. The molecule has 0 radical (unpaired) electrons. The van der Waals surface area contributed by atoms with E-state index < -0.39 is 4.92 Å². The number of hydrogen-bond acceptors (Lipinski definition) is 3. The summed E-state index contributed by atoms with van der Waals surface area (Å²) in [5.41, 5.74) is 3.10. The van der Waals surface area contributed by atoms with Crippen LogP contribution in [0.2, 0.25) is 5.02 Å². The number of aryl methyl sites for hydroxylation is 1. The molecular weight excluding hydrogens is 344 g/mol. The summed E-state index contributed by atoms with van der Waals surface area (Å²) in [6.45, 7) is 2.62. The molecule has 2 rings (SSSR count). The fourth-order valence-corrected chi connectivity index (χ4v) is 2.54. The zero-order valence-corrected chi connectivity index (χ0v) is 13.0. The molecule has 0 aliphatic heterocycles. The van der Waals surface area contributed by atoms with E-state index in [1.807, 2.05) is 25.1 Å². The second-order valence-corrected chi connectivity index (χ2v) is 5.64. The van der Waals surface area contributed by atoms with Crippen molar-refractivity contribution in [3.63, 3.8) is 0 Å². The van der Waals surface area contributed by atoms with Crippen LogP contribution in [-0.4, -0.2) is 4.92 Å². The van der Waals surface area contributed by atoms with Gasteiger partial charge in [0, 0.05) is 33.9 Å². The van der Waals surface area contributed by atoms with E-state index in [4.69, 9.17) is 11.6 Å². The number of anilines is 1. The van der Waals surface area contributed by atoms with Crippen molar-refractivity contribution in [1.82, 2.24) is 0 Å². The summed E-state index contributed by atoms with van der Waals surface area (Å²) in [6, 6.07) is 10.4. The van der Waals surface area contributed by atoms with Crippen LogP contribution in [0, 0.1) is 17.0 Å². The van der Waals surface area contributed by atoms with Crippen LogP contribution in [0.15, 0.2) is 40.9 Å². The molecular formula is C14H12BrClN2O2. The van der Waals surface area contributed by atoms with Crippen LogP contribution in [0.5, 0.6) is 0 Å². The molecule has 2 aromatic carbocycles. The minimum atomic E-state index is -0.419. The summed E-state index contributed by atoms with van der Waals surface area (Å²) in [4.78, 5) is 10.3. The van der Waals surface area contributed by atoms with Gasteiger partial charge >= 0.3 is 0 Å². The average molecular weight is 356 g/mol. The molecule has 0 bridgehead atoms. The fourth-order valence-electron chi connectivity index (χ4n) is 1.81. The number of nitro groups is 1. The Morgan fingerprint density at radius 3 is 2.65 bits per heavy atom. The predicted molar refractivity (Wildman–Crippen MR) is 84.3 cm³/mol. The molecule has 0 atom stereocenters. The largest absolute Gasteiger partial charge is 0.380 e. The van der Waals surface area contributed by atoms with Crippen LogP contribution in [-0.2, 0) is 6.54 Å². The molecule has 104 valence electrons. The van der Waals surface area contributed by atoms with Crippen LogP contribution in [0.25, 0.3) is 0 Å². The predicted octanol–water partition coefficient (Wildman–Crippen LogP) is 4.93. The molecule has 20 heavy (non-hydrogen) atoms. The van der Waals surface area contributed by atoms with Gasteiger partial charge in [0.1, 0.15) is 0 Å². The lowest BCUT2D eigenvalue weighted by molar-refractivity contribution is -0.384. The maximum absolute atomic E-state index is 10.7. The first kappa shape index (κ1) is 14.8. The highest BCUT2D eigenvalue weighted by molar-refractivity contribution is 9.10. The van der Waals surface area contributed by atoms with E-state index in [1.54, 1.807) is 6.07 Å². The molecule has 0 saturated heterocycles. The van der Waals surface area contributed by atoms with E-state index in [2.05, 4.69) is 21.2 Å². The molecule has 2 aromatic rings. The van der Waals surface area contributed by atoms with Crippen LogP contribution < -0.4 is 5.32 Å². The molecule has 0 aliphatic rings. The lowest BCUT2D eigenvalue weighted by Gasteiger charge is -2.10. The first-order valence-electron chi connectivity index (χ1n) is 5.90. The Bertz CT molecular complexity index is 662. The van der Waals surface area contributed by atoms with Crippen LogP contribution in [0.1, 0.15) is 11.1 Å². The topological polar surface area (TPSA) is 55.2 Å². The SMILES string of the molecule is Cc1cc(Cl)ccc1CNc1ccc([N+](=O)[O-])cc1Br. The van der Waals surface area contributed by atoms with Gasteiger partial charge in [0.05, 0.1) is 4.92 Å². The van der Waals surface area contributed by atoms with Crippen molar-refractivity contribution in [3.05, 3.63) is 67.1 Å². The van der Waals surface area contributed by atoms with Gasteiger partial charge in [-0.25, -0.2) is 0 Å². The average Bonchev–Trinajstić information content (AvgIpc) is 2.38. The standard InChI is InChI=1S/C14H12BrClN2O2/c1-9-6-11(16)3-2-10(9)8-17-14-5-4-12(18(19)20)7-13(14)15/h2-7,17H,8H2,1H3. The molecule has 0 aromatic heterocycles. The van der Waals surface area contributed by atoms with Crippen molar-refractivity contribution >= 4 is 38.9 Å². The molecule has 0 aliphatic carbocycles. The lowest BCUT2D eigenvalue weighted by Crippen LogP contribution is -2.02. The molecule has 0 spiro atoms. The molecule has 4 nitrogen and oxygen atoms in total. The van der Waals surface area contributed by atoms with Gasteiger partial charge in [-0.2, -0.15) is 0 Å². The van der Waals surface area contributed by atoms with Gasteiger partial charge in [-0.15, -0.1) is 0 Å². The highest BCUT2D eigenvalue weighted by Gasteiger charge is 2.09. The maximum Gasteiger partial charge on any atom is 0.270 e. The summed E-state index contributed by atoms with van der Waals surface area (Å²) < 4.78 is 0.665. The van der Waals surface area contributed by atoms with Crippen LogP contribution >= 0.6 is 27.5 Å². The first-order chi connectivity index (χ1) is 9.47. The van der Waals surface area contributed by atoms with Crippen molar-refractivity contribution < 1.29 is 4.92 Å². The second kappa shape index (κ2) is 6.24. The molecule has 0 fully saturated rings. The van der Waals surface area contributed by atoms with E-state index in [9.17, 15) is 10.1 Å². The van der Waals surface area contributed by atoms with E-state index in [0.29, 0.717) is 16.0 Å². The van der Waals surface area contributed by atoms with Crippen molar-refractivity contribution in [2.45, 2.75) is 13.5 Å². The molecule has 0 heterocycles. The van der Waals surface area contributed by atoms with Gasteiger partial charge in [0.2, 0.25) is 0 Å². The second-order valence-electron chi connectivity index (χ2n) is 4.35. The quantitative estimate of drug-likeness (QED) is 0.625. The molecule has 0 unspecified atom stereocenters. The molecule has 1 N–H and O–H groups in total. The number of halogens is 2. The van der Waals surface area contributed by atoms with Crippen molar-refractivity contribution in [1.29, 1.82) is 0 Å². The molecule has 0 amide bonds. The van der Waals surface area contributed by atoms with Gasteiger partial charge < -0.3 is 5.32 Å². The fraction of sp³-hybridized carbons (Fsp3) is 0.143. The number of nitrogens with one attached hydrogen (secondary N) is 1. The number of hydrogen-bond donors (Lipinski definition) is 1. The number of benzene rings is 2. The Labute approximate surface area is 130 Å². The van der Waals surface area contributed by atoms with Crippen molar-refractivity contribution in [2.75, 3.05) is 5.32 Å². The minimum Gasteiger partial charge on any atom is -0.380 e. The van der Waals surface area contributed by atoms with E-state index >= 15 is 0 Å². The maximum atomic E-state index is 10.7. The van der Waals surface area contributed by atoms with E-state index in [-0.39, 0.29) is 5.69 Å². The zero-order chi connectivity index (χ0) is 14.7. The van der Waals surface area contributed by atoms with Gasteiger partial charge in [-0.05, 0) is 52.2 Å². The monoisotopic (exact) mass is 354 g/mol. The van der Waals surface area contributed by atoms with Crippen LogP contribution in [0.4, 0.5) is 11.4 Å². The highest BCUT2D eigenvalue weighted by atomic mass is 79.9. The number of non-ortho nitro benzene ring substituents is 1.